The van der Waals surface area contributed by atoms with Gasteiger partial charge in [-0.1, -0.05) is 109 Å². The lowest BCUT2D eigenvalue weighted by atomic mass is 10.3. The molecule has 55 heavy (non-hydrogen) atoms. The number of hydrogen-bond acceptors (Lipinski definition) is 13. The topological polar surface area (TPSA) is 137 Å². The molecule has 0 aromatic heterocycles. The fraction of sp³-hybridized carbons (Fsp3) is 0.824. The second kappa shape index (κ2) is 16.0. The molecule has 0 spiro atoms. The summed E-state index contributed by atoms with van der Waals surface area (Å²) in [5.74, 6) is 0.705. The Bertz CT molecular complexity index is 1360. The molecule has 1 aromatic carbocycles. The zero-order valence-electron chi connectivity index (χ0n) is 35.8. The quantitative estimate of drug-likeness (QED) is 0.135. The van der Waals surface area contributed by atoms with Crippen LogP contribution in [0.4, 0.5) is 5.69 Å². The van der Waals surface area contributed by atoms with Gasteiger partial charge in [0, 0.05) is 53.2 Å². The molecule has 13 nitrogen and oxygen atoms in total. The van der Waals surface area contributed by atoms with Crippen LogP contribution in [0.25, 0.3) is 0 Å². The highest BCUT2D eigenvalue weighted by atomic mass is 28.6. The van der Waals surface area contributed by atoms with E-state index in [9.17, 15) is 0 Å². The van der Waals surface area contributed by atoms with Crippen molar-refractivity contribution in [1.82, 2.24) is 0 Å². The lowest BCUT2D eigenvalue weighted by molar-refractivity contribution is -0.0308. The summed E-state index contributed by atoms with van der Waals surface area (Å²) < 4.78 is 93.5. The first-order chi connectivity index (χ1) is 25.4. The molecule has 21 heteroatoms. The number of anilines is 1. The molecule has 314 valence electrons. The standard InChI is InChI=1S/C34H69NO12Si8/c1-26(2)19-48-36-49(20-27(3)4)39-52(23-30(9)10)41-50(37-48,21-28(5)6)43-54(25-32(13)14)44-51(38-48,22-29(7)8)42-53(40-49,24-31(11)12)46-55(45-52,47-54)34-17-15-33(35)16-18-34/h15-18,26-32H,19-25,35H2,1-14H3. The number of benzene rings is 1. The van der Waals surface area contributed by atoms with Crippen molar-refractivity contribution in [3.8, 4) is 0 Å². The number of rotatable bonds is 15. The summed E-state index contributed by atoms with van der Waals surface area (Å²) in [5, 5.41) is 0.699. The molecule has 0 amide bonds. The van der Waals surface area contributed by atoms with Crippen molar-refractivity contribution in [2.45, 2.75) is 139 Å². The smallest absolute Gasteiger partial charge is 0.399 e. The third-order valence-corrected chi connectivity index (χ3v) is 49.1. The van der Waals surface area contributed by atoms with E-state index in [-0.39, 0.29) is 41.4 Å². The molecule has 0 radical (unpaired) electrons. The molecule has 6 heterocycles. The SMILES string of the molecule is CC(C)C[Si]12O[Si]3(CC(C)C)O[Si]4(CC(C)C)O[Si](CC(C)C)(O1)O[Si]1(CC(C)C)O[Si](CC(C)C)(O2)O[Si](CC(C)C)(O3)O[Si](c2ccc(N)cc2)(O4)O1. The Hall–Kier alpha value is 0.275. The van der Waals surface area contributed by atoms with Gasteiger partial charge in [0.05, 0.1) is 0 Å². The van der Waals surface area contributed by atoms with Crippen LogP contribution in [-0.4, -0.2) is 70.4 Å². The van der Waals surface area contributed by atoms with Gasteiger partial charge in [0.25, 0.3) is 0 Å². The van der Waals surface area contributed by atoms with Crippen molar-refractivity contribution in [1.29, 1.82) is 0 Å². The second-order valence-electron chi connectivity index (χ2n) is 19.4. The van der Waals surface area contributed by atoms with Gasteiger partial charge in [-0.2, -0.15) is 0 Å². The van der Waals surface area contributed by atoms with Crippen molar-refractivity contribution >= 4 is 81.3 Å². The van der Waals surface area contributed by atoms with Gasteiger partial charge >= 0.3 is 70.4 Å². The first kappa shape index (κ1) is 44.8. The van der Waals surface area contributed by atoms with Gasteiger partial charge in [0.1, 0.15) is 0 Å². The first-order valence-electron chi connectivity index (χ1n) is 20.7. The van der Waals surface area contributed by atoms with Crippen LogP contribution in [0.15, 0.2) is 24.3 Å². The highest BCUT2D eigenvalue weighted by Gasteiger charge is 2.83. The van der Waals surface area contributed by atoms with E-state index in [0.717, 1.165) is 0 Å². The maximum atomic E-state index is 7.82. The summed E-state index contributed by atoms with van der Waals surface area (Å²) in [6.45, 7) is 30.2. The summed E-state index contributed by atoms with van der Waals surface area (Å²) in [6, 6.07) is 10.8. The predicted molar refractivity (Wildman–Crippen MR) is 227 cm³/mol. The first-order valence-corrected chi connectivity index (χ1v) is 35.9. The van der Waals surface area contributed by atoms with E-state index >= 15 is 0 Å². The maximum absolute atomic E-state index is 7.82. The van der Waals surface area contributed by atoms with Crippen LogP contribution in [0, 0.1) is 41.4 Å². The summed E-state index contributed by atoms with van der Waals surface area (Å²) in [4.78, 5) is 0. The average Bonchev–Trinajstić information content (AvgIpc) is 2.90. The molecule has 0 atom stereocenters. The Morgan fingerprint density at radius 1 is 0.327 bits per heavy atom. The van der Waals surface area contributed by atoms with E-state index < -0.39 is 70.4 Å². The molecule has 6 aliphatic heterocycles. The van der Waals surface area contributed by atoms with Crippen LogP contribution in [-0.2, 0) is 49.4 Å². The van der Waals surface area contributed by atoms with Gasteiger partial charge in [-0.15, -0.1) is 0 Å². The Kier molecular flexibility index (Phi) is 13.0. The number of nitrogens with two attached hydrogens (primary N) is 1. The predicted octanol–water partition coefficient (Wildman–Crippen LogP) is 7.85. The Morgan fingerprint density at radius 3 is 0.691 bits per heavy atom. The lowest BCUT2D eigenvalue weighted by Gasteiger charge is -2.64. The summed E-state index contributed by atoms with van der Waals surface area (Å²) in [6.07, 6.45) is 0. The van der Waals surface area contributed by atoms with E-state index in [2.05, 4.69) is 96.9 Å². The molecule has 0 saturated carbocycles. The fourth-order valence-corrected chi connectivity index (χ4v) is 59.4. The van der Waals surface area contributed by atoms with Gasteiger partial charge in [-0.3, -0.25) is 0 Å². The molecular formula is C34H69NO12Si8. The van der Waals surface area contributed by atoms with Gasteiger partial charge in [0.2, 0.25) is 0 Å². The minimum absolute atomic E-state index is 0.0863. The summed E-state index contributed by atoms with van der Waals surface area (Å²) in [5.41, 5.74) is 6.93. The molecule has 2 N–H and O–H groups in total. The van der Waals surface area contributed by atoms with Crippen molar-refractivity contribution in [3.63, 3.8) is 0 Å². The van der Waals surface area contributed by atoms with Gasteiger partial charge < -0.3 is 55.1 Å². The molecule has 6 aliphatic rings. The van der Waals surface area contributed by atoms with E-state index in [1.807, 2.05) is 24.3 Å². The highest BCUT2D eigenvalue weighted by Crippen LogP contribution is 2.55. The van der Waals surface area contributed by atoms with Crippen LogP contribution in [0.5, 0.6) is 0 Å². The second-order valence-corrected chi connectivity index (χ2v) is 43.3. The fourth-order valence-electron chi connectivity index (χ4n) is 8.49. The van der Waals surface area contributed by atoms with E-state index in [4.69, 9.17) is 55.1 Å². The molecule has 6 saturated heterocycles. The highest BCUT2D eigenvalue weighted by molar-refractivity contribution is 7.05. The molecule has 0 unspecified atom stereocenters. The number of nitrogen functional groups attached to an aromatic ring is 1. The minimum atomic E-state index is -4.24. The van der Waals surface area contributed by atoms with Gasteiger partial charge in [0.15, 0.2) is 0 Å². The summed E-state index contributed by atoms with van der Waals surface area (Å²) in [7, 11) is -32.0. The van der Waals surface area contributed by atoms with Crippen molar-refractivity contribution < 1.29 is 49.4 Å². The largest absolute Gasteiger partial charge is 0.515 e. The van der Waals surface area contributed by atoms with Gasteiger partial charge in [-0.05, 0) is 53.6 Å². The lowest BCUT2D eigenvalue weighted by Crippen LogP contribution is -2.90. The van der Waals surface area contributed by atoms with Crippen molar-refractivity contribution in [2.24, 2.45) is 41.4 Å². The minimum Gasteiger partial charge on any atom is -0.399 e. The van der Waals surface area contributed by atoms with Crippen molar-refractivity contribution in [2.75, 3.05) is 5.73 Å². The van der Waals surface area contributed by atoms with E-state index in [1.165, 1.54) is 0 Å². The summed E-state index contributed by atoms with van der Waals surface area (Å²) >= 11 is 0. The molecule has 1 aromatic rings. The molecule has 0 aliphatic carbocycles. The van der Waals surface area contributed by atoms with Crippen LogP contribution in [0.2, 0.25) is 42.3 Å². The number of hydrogen-bond donors (Lipinski definition) is 1. The van der Waals surface area contributed by atoms with Crippen LogP contribution < -0.4 is 10.9 Å². The normalized spacial score (nSPS) is 40.2. The van der Waals surface area contributed by atoms with Crippen LogP contribution in [0.1, 0.15) is 96.9 Å². The van der Waals surface area contributed by atoms with Gasteiger partial charge in [-0.25, -0.2) is 0 Å². The molecule has 7 rings (SSSR count). The third-order valence-electron chi connectivity index (χ3n) is 9.54. The van der Waals surface area contributed by atoms with Crippen LogP contribution >= 0.6 is 0 Å². The van der Waals surface area contributed by atoms with Crippen molar-refractivity contribution in [3.05, 3.63) is 24.3 Å². The Balaban J connectivity index is 1.80. The van der Waals surface area contributed by atoms with E-state index in [1.54, 1.807) is 0 Å². The zero-order chi connectivity index (χ0) is 40.5. The maximum Gasteiger partial charge on any atom is 0.515 e. The molecule has 6 fully saturated rings. The molecule has 8 bridgehead atoms. The van der Waals surface area contributed by atoms with Crippen LogP contribution in [0.3, 0.4) is 0 Å². The monoisotopic (exact) mass is 907 g/mol. The molecular weight excluding hydrogens is 839 g/mol. The Labute approximate surface area is 339 Å². The Morgan fingerprint density at radius 2 is 0.509 bits per heavy atom. The average molecular weight is 909 g/mol. The third kappa shape index (κ3) is 9.76. The van der Waals surface area contributed by atoms with E-state index in [0.29, 0.717) is 53.2 Å². The zero-order valence-corrected chi connectivity index (χ0v) is 43.8.